The first-order valence-corrected chi connectivity index (χ1v) is 6.88. The number of carbonyl (C=O) groups excluding carboxylic acids is 1. The number of nitrogens with one attached hydrogen (secondary N) is 1. The normalized spacial score (nSPS) is 13.0. The van der Waals surface area contributed by atoms with Gasteiger partial charge in [-0.15, -0.1) is 0 Å². The van der Waals surface area contributed by atoms with Crippen LogP contribution < -0.4 is 10.5 Å². The first kappa shape index (κ1) is 15.4. The summed E-state index contributed by atoms with van der Waals surface area (Å²) in [6.07, 6.45) is -1.55. The van der Waals surface area contributed by atoms with Crippen LogP contribution in [0, 0.1) is 6.92 Å². The summed E-state index contributed by atoms with van der Waals surface area (Å²) in [4.78, 5) is 11.0. The Hall–Kier alpha value is -1.64. The van der Waals surface area contributed by atoms with E-state index in [2.05, 4.69) is 9.46 Å². The molecule has 0 fully saturated rings. The second-order valence-electron chi connectivity index (χ2n) is 3.92. The number of sulfonamides is 1. The van der Waals surface area contributed by atoms with Crippen LogP contribution in [0.25, 0.3) is 0 Å². The topological polar surface area (TPSA) is 119 Å². The van der Waals surface area contributed by atoms with E-state index < -0.39 is 28.6 Å². The summed E-state index contributed by atoms with van der Waals surface area (Å²) in [6, 6.07) is 4.33. The molecular weight excluding hydrogens is 272 g/mol. The van der Waals surface area contributed by atoms with E-state index in [0.29, 0.717) is 11.3 Å². The predicted octanol–water partition coefficient (Wildman–Crippen LogP) is -0.611. The fourth-order valence-electron chi connectivity index (χ4n) is 1.46. The van der Waals surface area contributed by atoms with Gasteiger partial charge in [-0.2, -0.15) is 0 Å². The monoisotopic (exact) mass is 288 g/mol. The van der Waals surface area contributed by atoms with Gasteiger partial charge in [0.15, 0.2) is 6.10 Å². The molecule has 1 aromatic carbocycles. The number of methoxy groups -OCH3 is 1. The number of aryl methyl sites for hydroxylation is 1. The quantitative estimate of drug-likeness (QED) is 0.491. The van der Waals surface area contributed by atoms with Crippen molar-refractivity contribution in [2.24, 2.45) is 0 Å². The zero-order valence-electron chi connectivity index (χ0n) is 10.6. The number of esters is 1. The zero-order chi connectivity index (χ0) is 14.6. The van der Waals surface area contributed by atoms with Crippen molar-refractivity contribution in [2.45, 2.75) is 17.9 Å². The number of nitrogen functional groups attached to an aromatic ring is 1. The molecule has 0 aliphatic rings. The molecule has 1 unspecified atom stereocenters. The summed E-state index contributed by atoms with van der Waals surface area (Å²) < 4.78 is 30.3. The third kappa shape index (κ3) is 3.91. The lowest BCUT2D eigenvalue weighted by molar-refractivity contribution is -0.149. The van der Waals surface area contributed by atoms with Crippen LogP contribution in [0.15, 0.2) is 23.1 Å². The molecule has 0 aromatic heterocycles. The molecule has 1 aromatic rings. The fraction of sp³-hybridized carbons (Fsp3) is 0.364. The molecule has 0 saturated carbocycles. The number of aliphatic hydroxyl groups excluding tert-OH is 1. The molecule has 1 atom stereocenters. The van der Waals surface area contributed by atoms with Gasteiger partial charge in [0.25, 0.3) is 0 Å². The summed E-state index contributed by atoms with van der Waals surface area (Å²) in [7, 11) is -2.72. The number of carbonyl (C=O) groups is 1. The molecule has 0 radical (unpaired) electrons. The molecule has 106 valence electrons. The summed E-state index contributed by atoms with van der Waals surface area (Å²) in [5.41, 5.74) is 6.46. The standard InChI is InChI=1S/C11H16N2O5S/c1-7-5-8(12)3-4-10(7)19(16,17)13-6-9(14)11(15)18-2/h3-5,9,13-14H,6,12H2,1-2H3. The third-order valence-electron chi connectivity index (χ3n) is 2.43. The van der Waals surface area contributed by atoms with Crippen LogP contribution in [0.4, 0.5) is 5.69 Å². The molecule has 7 nitrogen and oxygen atoms in total. The van der Waals surface area contributed by atoms with Crippen molar-refractivity contribution in [3.63, 3.8) is 0 Å². The largest absolute Gasteiger partial charge is 0.467 e. The number of nitrogens with two attached hydrogens (primary N) is 1. The average molecular weight is 288 g/mol. The number of hydrogen-bond acceptors (Lipinski definition) is 6. The van der Waals surface area contributed by atoms with Crippen molar-refractivity contribution in [3.8, 4) is 0 Å². The van der Waals surface area contributed by atoms with E-state index in [-0.39, 0.29) is 4.90 Å². The minimum Gasteiger partial charge on any atom is -0.467 e. The predicted molar refractivity (Wildman–Crippen MR) is 68.8 cm³/mol. The van der Waals surface area contributed by atoms with Crippen LogP contribution in [0.1, 0.15) is 5.56 Å². The Balaban J connectivity index is 2.85. The second kappa shape index (κ2) is 6.00. The molecule has 0 aliphatic heterocycles. The van der Waals surface area contributed by atoms with Crippen molar-refractivity contribution >= 4 is 21.7 Å². The molecule has 0 aliphatic carbocycles. The van der Waals surface area contributed by atoms with E-state index in [1.54, 1.807) is 6.92 Å². The smallest absolute Gasteiger partial charge is 0.336 e. The highest BCUT2D eigenvalue weighted by atomic mass is 32.2. The number of ether oxygens (including phenoxy) is 1. The molecule has 0 heterocycles. The maximum absolute atomic E-state index is 12.0. The molecule has 0 amide bonds. The van der Waals surface area contributed by atoms with E-state index in [0.717, 1.165) is 7.11 Å². The lowest BCUT2D eigenvalue weighted by Gasteiger charge is -2.12. The zero-order valence-corrected chi connectivity index (χ0v) is 11.4. The van der Waals surface area contributed by atoms with Crippen LogP contribution in [0.3, 0.4) is 0 Å². The van der Waals surface area contributed by atoms with E-state index in [1.165, 1.54) is 18.2 Å². The molecule has 0 bridgehead atoms. The molecule has 8 heteroatoms. The second-order valence-corrected chi connectivity index (χ2v) is 5.65. The Morgan fingerprint density at radius 2 is 2.16 bits per heavy atom. The average Bonchev–Trinajstić information content (AvgIpc) is 2.34. The van der Waals surface area contributed by atoms with E-state index in [4.69, 9.17) is 5.73 Å². The number of anilines is 1. The number of benzene rings is 1. The van der Waals surface area contributed by atoms with Crippen molar-refractivity contribution < 1.29 is 23.1 Å². The summed E-state index contributed by atoms with van der Waals surface area (Å²) in [6.45, 7) is 1.14. The van der Waals surface area contributed by atoms with Gasteiger partial charge in [-0.3, -0.25) is 0 Å². The van der Waals surface area contributed by atoms with Crippen molar-refractivity contribution in [3.05, 3.63) is 23.8 Å². The number of aliphatic hydroxyl groups is 1. The molecule has 0 spiro atoms. The van der Waals surface area contributed by atoms with Gasteiger partial charge in [-0.25, -0.2) is 17.9 Å². The highest BCUT2D eigenvalue weighted by Crippen LogP contribution is 2.17. The molecular formula is C11H16N2O5S. The van der Waals surface area contributed by atoms with Gasteiger partial charge in [-0.1, -0.05) is 0 Å². The summed E-state index contributed by atoms with van der Waals surface area (Å²) in [5.74, 6) is -0.906. The van der Waals surface area contributed by atoms with Gasteiger partial charge in [0, 0.05) is 12.2 Å². The van der Waals surface area contributed by atoms with Crippen molar-refractivity contribution in [2.75, 3.05) is 19.4 Å². The maximum atomic E-state index is 12.0. The first-order valence-electron chi connectivity index (χ1n) is 5.39. The molecule has 0 saturated heterocycles. The van der Waals surface area contributed by atoms with Crippen LogP contribution in [0.5, 0.6) is 0 Å². The first-order chi connectivity index (χ1) is 8.77. The highest BCUT2D eigenvalue weighted by molar-refractivity contribution is 7.89. The van der Waals surface area contributed by atoms with Crippen molar-refractivity contribution in [1.29, 1.82) is 0 Å². The SMILES string of the molecule is COC(=O)C(O)CNS(=O)(=O)c1ccc(N)cc1C. The van der Waals surface area contributed by atoms with Crippen molar-refractivity contribution in [1.82, 2.24) is 4.72 Å². The van der Waals surface area contributed by atoms with Gasteiger partial charge >= 0.3 is 5.97 Å². The van der Waals surface area contributed by atoms with E-state index in [1.807, 2.05) is 0 Å². The summed E-state index contributed by atoms with van der Waals surface area (Å²) in [5, 5.41) is 9.32. The molecule has 1 rings (SSSR count). The van der Waals surface area contributed by atoms with E-state index in [9.17, 15) is 18.3 Å². The van der Waals surface area contributed by atoms with Crippen LogP contribution in [-0.4, -0.2) is 39.3 Å². The summed E-state index contributed by atoms with van der Waals surface area (Å²) >= 11 is 0. The van der Waals surface area contributed by atoms with Crippen LogP contribution in [-0.2, 0) is 19.6 Å². The Bertz CT molecular complexity index is 570. The number of rotatable bonds is 5. The van der Waals surface area contributed by atoms with Gasteiger partial charge in [0.1, 0.15) is 0 Å². The Kier molecular flexibility index (Phi) is 4.87. The Morgan fingerprint density at radius 1 is 1.53 bits per heavy atom. The van der Waals surface area contributed by atoms with Gasteiger partial charge in [0.2, 0.25) is 10.0 Å². The fourth-order valence-corrected chi connectivity index (χ4v) is 2.72. The third-order valence-corrected chi connectivity index (χ3v) is 4.01. The lowest BCUT2D eigenvalue weighted by atomic mass is 10.2. The highest BCUT2D eigenvalue weighted by Gasteiger charge is 2.21. The number of hydrogen-bond donors (Lipinski definition) is 3. The van der Waals surface area contributed by atoms with Gasteiger partial charge in [0.05, 0.1) is 12.0 Å². The molecule has 4 N–H and O–H groups in total. The van der Waals surface area contributed by atoms with Crippen LogP contribution >= 0.6 is 0 Å². The maximum Gasteiger partial charge on any atom is 0.336 e. The minimum absolute atomic E-state index is 0.0405. The van der Waals surface area contributed by atoms with Gasteiger partial charge < -0.3 is 15.6 Å². The molecule has 19 heavy (non-hydrogen) atoms. The Morgan fingerprint density at radius 3 is 2.68 bits per heavy atom. The Labute approximate surface area is 111 Å². The van der Waals surface area contributed by atoms with Gasteiger partial charge in [-0.05, 0) is 30.7 Å². The minimum atomic E-state index is -3.82. The van der Waals surface area contributed by atoms with Crippen LogP contribution in [0.2, 0.25) is 0 Å². The lowest BCUT2D eigenvalue weighted by Crippen LogP contribution is -2.37. The van der Waals surface area contributed by atoms with E-state index >= 15 is 0 Å².